The van der Waals surface area contributed by atoms with Crippen LogP contribution in [0.2, 0.25) is 0 Å². The average Bonchev–Trinajstić information content (AvgIpc) is 2.94. The number of nitrogens with zero attached hydrogens (tertiary/aromatic N) is 2. The van der Waals surface area contributed by atoms with E-state index in [1.807, 2.05) is 29.8 Å². The topological polar surface area (TPSA) is 68.3 Å². The van der Waals surface area contributed by atoms with Gasteiger partial charge in [-0.2, -0.15) is 0 Å². The number of hydrogen-bond acceptors (Lipinski definition) is 2. The standard InChI is InChI=1S/C14H15N3O2/c1-16-8-10(14(15)19)9-4-2-5-11(13(9)16)17-7-3-6-12(17)18/h2,4-5,8H,3,6-7H2,1H3,(H2,15,19). The number of carbonyl (C=O) groups excluding carboxylic acids is 2. The third-order valence-electron chi connectivity index (χ3n) is 3.61. The summed E-state index contributed by atoms with van der Waals surface area (Å²) in [6.07, 6.45) is 3.18. The molecule has 0 radical (unpaired) electrons. The first kappa shape index (κ1) is 11.8. The fraction of sp³-hybridized carbons (Fsp3) is 0.286. The van der Waals surface area contributed by atoms with Gasteiger partial charge in [-0.1, -0.05) is 12.1 Å². The lowest BCUT2D eigenvalue weighted by molar-refractivity contribution is -0.117. The monoisotopic (exact) mass is 257 g/mol. The van der Waals surface area contributed by atoms with Crippen LogP contribution in [0.4, 0.5) is 5.69 Å². The molecule has 19 heavy (non-hydrogen) atoms. The lowest BCUT2D eigenvalue weighted by Gasteiger charge is -2.17. The van der Waals surface area contributed by atoms with Crippen LogP contribution in [0.3, 0.4) is 0 Å². The fourth-order valence-electron chi connectivity index (χ4n) is 2.76. The molecule has 1 saturated heterocycles. The van der Waals surface area contributed by atoms with E-state index in [0.29, 0.717) is 12.0 Å². The summed E-state index contributed by atoms with van der Waals surface area (Å²) in [5, 5.41) is 0.798. The molecule has 0 atom stereocenters. The highest BCUT2D eigenvalue weighted by Crippen LogP contribution is 2.32. The van der Waals surface area contributed by atoms with E-state index in [0.717, 1.165) is 29.6 Å². The number of carbonyl (C=O) groups is 2. The van der Waals surface area contributed by atoms with E-state index in [-0.39, 0.29) is 5.91 Å². The summed E-state index contributed by atoms with van der Waals surface area (Å²) in [5.41, 5.74) is 7.62. The minimum absolute atomic E-state index is 0.134. The highest BCUT2D eigenvalue weighted by atomic mass is 16.2. The number of aromatic nitrogens is 1. The summed E-state index contributed by atoms with van der Waals surface area (Å²) in [4.78, 5) is 25.1. The van der Waals surface area contributed by atoms with E-state index in [9.17, 15) is 9.59 Å². The molecule has 5 nitrogen and oxygen atoms in total. The van der Waals surface area contributed by atoms with Crippen LogP contribution in [0.5, 0.6) is 0 Å². The van der Waals surface area contributed by atoms with E-state index < -0.39 is 5.91 Å². The van der Waals surface area contributed by atoms with Crippen LogP contribution in [0, 0.1) is 0 Å². The summed E-state index contributed by atoms with van der Waals surface area (Å²) < 4.78 is 1.86. The second-order valence-electron chi connectivity index (χ2n) is 4.84. The number of primary amides is 1. The number of hydrogen-bond donors (Lipinski definition) is 1. The third-order valence-corrected chi connectivity index (χ3v) is 3.61. The number of fused-ring (bicyclic) bond motifs is 1. The van der Waals surface area contributed by atoms with E-state index in [4.69, 9.17) is 5.73 Å². The van der Waals surface area contributed by atoms with E-state index in [2.05, 4.69) is 0 Å². The Bertz CT molecular complexity index is 687. The molecule has 0 bridgehead atoms. The molecule has 98 valence electrons. The van der Waals surface area contributed by atoms with Crippen molar-refractivity contribution in [1.82, 2.24) is 4.57 Å². The molecule has 1 fully saturated rings. The first-order chi connectivity index (χ1) is 9.09. The van der Waals surface area contributed by atoms with Gasteiger partial charge in [0.15, 0.2) is 0 Å². The second-order valence-corrected chi connectivity index (χ2v) is 4.84. The Kier molecular flexibility index (Phi) is 2.55. The fourth-order valence-corrected chi connectivity index (χ4v) is 2.76. The zero-order chi connectivity index (χ0) is 13.6. The van der Waals surface area contributed by atoms with Gasteiger partial charge in [0.25, 0.3) is 5.91 Å². The van der Waals surface area contributed by atoms with E-state index in [1.165, 1.54) is 0 Å². The van der Waals surface area contributed by atoms with Gasteiger partial charge in [-0.25, -0.2) is 0 Å². The maximum absolute atomic E-state index is 11.9. The van der Waals surface area contributed by atoms with Crippen LogP contribution >= 0.6 is 0 Å². The van der Waals surface area contributed by atoms with Crippen molar-refractivity contribution in [1.29, 1.82) is 0 Å². The molecule has 5 heteroatoms. The Morgan fingerprint density at radius 3 is 2.79 bits per heavy atom. The van der Waals surface area contributed by atoms with Crippen LogP contribution in [0.25, 0.3) is 10.9 Å². The van der Waals surface area contributed by atoms with E-state index in [1.54, 1.807) is 11.1 Å². The molecule has 2 N–H and O–H groups in total. The smallest absolute Gasteiger partial charge is 0.250 e. The summed E-state index contributed by atoms with van der Waals surface area (Å²) in [7, 11) is 1.86. The summed E-state index contributed by atoms with van der Waals surface area (Å²) in [6, 6.07) is 5.63. The first-order valence-electron chi connectivity index (χ1n) is 6.28. The van der Waals surface area contributed by atoms with E-state index >= 15 is 0 Å². The van der Waals surface area contributed by atoms with Crippen molar-refractivity contribution in [3.63, 3.8) is 0 Å². The van der Waals surface area contributed by atoms with Gasteiger partial charge in [-0.15, -0.1) is 0 Å². The molecule has 0 unspecified atom stereocenters. The third kappa shape index (κ3) is 1.69. The predicted octanol–water partition coefficient (Wildman–Crippen LogP) is 1.40. The van der Waals surface area contributed by atoms with Gasteiger partial charge in [0.2, 0.25) is 5.91 Å². The molecule has 1 aliphatic heterocycles. The van der Waals surface area contributed by atoms with Crippen molar-refractivity contribution in [3.05, 3.63) is 30.0 Å². The van der Waals surface area contributed by atoms with Crippen molar-refractivity contribution in [2.45, 2.75) is 12.8 Å². The van der Waals surface area contributed by atoms with Gasteiger partial charge in [-0.3, -0.25) is 9.59 Å². The number of anilines is 1. The maximum atomic E-state index is 11.9. The van der Waals surface area contributed by atoms with Crippen LogP contribution in [-0.4, -0.2) is 22.9 Å². The summed E-state index contributed by atoms with van der Waals surface area (Å²) in [6.45, 7) is 0.731. The molecular formula is C14H15N3O2. The molecule has 0 saturated carbocycles. The number of nitrogens with two attached hydrogens (primary N) is 1. The lowest BCUT2D eigenvalue weighted by atomic mass is 10.1. The number of aryl methyl sites for hydroxylation is 1. The molecule has 2 heterocycles. The van der Waals surface area contributed by atoms with Crippen LogP contribution in [0.1, 0.15) is 23.2 Å². The lowest BCUT2D eigenvalue weighted by Crippen LogP contribution is -2.24. The number of amides is 2. The van der Waals surface area contributed by atoms with Crippen molar-refractivity contribution in [2.24, 2.45) is 12.8 Å². The molecule has 3 rings (SSSR count). The van der Waals surface area contributed by atoms with Crippen LogP contribution < -0.4 is 10.6 Å². The molecule has 2 aromatic rings. The van der Waals surface area contributed by atoms with Crippen LogP contribution in [0.15, 0.2) is 24.4 Å². The Morgan fingerprint density at radius 1 is 1.37 bits per heavy atom. The molecular weight excluding hydrogens is 242 g/mol. The quantitative estimate of drug-likeness (QED) is 0.883. The highest BCUT2D eigenvalue weighted by molar-refractivity contribution is 6.11. The minimum Gasteiger partial charge on any atom is -0.366 e. The Balaban J connectivity index is 2.26. The molecule has 1 aromatic heterocycles. The normalized spacial score (nSPS) is 15.4. The Labute approximate surface area is 110 Å². The van der Waals surface area contributed by atoms with Crippen molar-refractivity contribution >= 4 is 28.4 Å². The largest absolute Gasteiger partial charge is 0.366 e. The summed E-state index contributed by atoms with van der Waals surface area (Å²) in [5.74, 6) is -0.315. The van der Waals surface area contributed by atoms with Crippen molar-refractivity contribution in [2.75, 3.05) is 11.4 Å². The summed E-state index contributed by atoms with van der Waals surface area (Å²) >= 11 is 0. The zero-order valence-corrected chi connectivity index (χ0v) is 10.7. The van der Waals surface area contributed by atoms with Gasteiger partial charge >= 0.3 is 0 Å². The molecule has 1 aliphatic rings. The zero-order valence-electron chi connectivity index (χ0n) is 10.7. The number of benzene rings is 1. The Morgan fingerprint density at radius 2 is 2.16 bits per heavy atom. The molecule has 0 spiro atoms. The minimum atomic E-state index is -0.449. The van der Waals surface area contributed by atoms with Crippen molar-refractivity contribution in [3.8, 4) is 0 Å². The molecule has 1 aromatic carbocycles. The highest BCUT2D eigenvalue weighted by Gasteiger charge is 2.25. The number of para-hydroxylation sites is 1. The maximum Gasteiger partial charge on any atom is 0.250 e. The first-order valence-corrected chi connectivity index (χ1v) is 6.28. The average molecular weight is 257 g/mol. The predicted molar refractivity (Wildman–Crippen MR) is 73.0 cm³/mol. The van der Waals surface area contributed by atoms with Gasteiger partial charge in [0.1, 0.15) is 0 Å². The van der Waals surface area contributed by atoms with Crippen molar-refractivity contribution < 1.29 is 9.59 Å². The second kappa shape index (κ2) is 4.12. The van der Waals surface area contributed by atoms with Gasteiger partial charge in [0, 0.05) is 31.6 Å². The SMILES string of the molecule is Cn1cc(C(N)=O)c2cccc(N3CCCC3=O)c21. The van der Waals surface area contributed by atoms with Gasteiger partial charge in [0.05, 0.1) is 16.8 Å². The Hall–Kier alpha value is -2.30. The molecule has 0 aliphatic carbocycles. The van der Waals surface area contributed by atoms with Crippen LogP contribution in [-0.2, 0) is 11.8 Å². The van der Waals surface area contributed by atoms with Gasteiger partial charge in [-0.05, 0) is 12.5 Å². The molecule has 2 amide bonds. The number of rotatable bonds is 2. The van der Waals surface area contributed by atoms with Gasteiger partial charge < -0.3 is 15.2 Å².